The van der Waals surface area contributed by atoms with E-state index in [1.54, 1.807) is 0 Å². The van der Waals surface area contributed by atoms with Gasteiger partial charge in [0.15, 0.2) is 0 Å². The molecule has 0 saturated heterocycles. The molecule has 0 fully saturated rings. The van der Waals surface area contributed by atoms with Crippen LogP contribution in [0.15, 0.2) is 0 Å². The molecule has 0 atom stereocenters. The fourth-order valence-corrected chi connectivity index (χ4v) is 0. The third kappa shape index (κ3) is 289. The molecular formula is C4H9ORu. The van der Waals surface area contributed by atoms with E-state index in [4.69, 9.17) is 3.57 Å². The summed E-state index contributed by atoms with van der Waals surface area (Å²) in [5.74, 6) is 1.42. The Morgan fingerprint density at radius 2 is 1.17 bits per heavy atom. The quantitative estimate of drug-likeness (QED) is 0.402. The molecular weight excluding hydrogens is 165 g/mol. The molecule has 0 aliphatic rings. The Balaban J connectivity index is 0. The molecule has 0 saturated carbocycles. The Hall–Kier alpha value is 0.423. The van der Waals surface area contributed by atoms with Crippen molar-refractivity contribution < 1.29 is 21.8 Å². The molecule has 0 aromatic rings. The Morgan fingerprint density at radius 3 is 1.17 bits per heavy atom. The van der Waals surface area contributed by atoms with E-state index in [-0.39, 0.29) is 0 Å². The molecule has 0 aliphatic heterocycles. The average Bonchev–Trinajstić information content (AvgIpc) is 1.41. The van der Waals surface area contributed by atoms with E-state index in [9.17, 15) is 0 Å². The average molecular weight is 174 g/mol. The topological polar surface area (TPSA) is 17.1 Å². The summed E-state index contributed by atoms with van der Waals surface area (Å²) >= 11 is 1.10. The Morgan fingerprint density at radius 1 is 1.17 bits per heavy atom. The van der Waals surface area contributed by atoms with Crippen LogP contribution in [0, 0.1) is 5.92 Å². The van der Waals surface area contributed by atoms with Crippen molar-refractivity contribution in [2.75, 3.05) is 0 Å². The number of rotatable bonds is 0. The molecule has 0 aliphatic carbocycles. The second kappa shape index (κ2) is 9.05. The molecule has 0 bridgehead atoms. The van der Waals surface area contributed by atoms with E-state index >= 15 is 0 Å². The summed E-state index contributed by atoms with van der Waals surface area (Å²) in [5.41, 5.74) is 0. The predicted octanol–water partition coefficient (Wildman–Crippen LogP) is 1.50. The Labute approximate surface area is 49.1 Å². The standard InChI is InChI=1S/C4H9.O.Ru/c1-4(2)3;;/h1-3H3;;/q-1;;+1. The van der Waals surface area contributed by atoms with Crippen LogP contribution in [-0.2, 0) is 21.8 Å². The van der Waals surface area contributed by atoms with Crippen LogP contribution in [0.25, 0.3) is 0 Å². The third-order valence-corrected chi connectivity index (χ3v) is 0. The molecule has 0 aromatic carbocycles. The minimum atomic E-state index is 1.10. The fourth-order valence-electron chi connectivity index (χ4n) is 0. The van der Waals surface area contributed by atoms with Crippen LogP contribution in [0.1, 0.15) is 20.8 Å². The van der Waals surface area contributed by atoms with Gasteiger partial charge in [-0.25, -0.2) is 0 Å². The van der Waals surface area contributed by atoms with Crippen LogP contribution in [-0.4, -0.2) is 0 Å². The van der Waals surface area contributed by atoms with E-state index in [0.717, 1.165) is 18.3 Å². The van der Waals surface area contributed by atoms with Gasteiger partial charge in [-0.05, 0) is 0 Å². The summed E-state index contributed by atoms with van der Waals surface area (Å²) < 4.78 is 8.18. The fraction of sp³-hybridized carbons (Fsp3) is 0.750. The first-order chi connectivity index (χ1) is 2.73. The van der Waals surface area contributed by atoms with Crippen molar-refractivity contribution in [3.05, 3.63) is 5.92 Å². The summed E-state index contributed by atoms with van der Waals surface area (Å²) in [6, 6.07) is 0. The maximum absolute atomic E-state index is 8.18. The van der Waals surface area contributed by atoms with Crippen molar-refractivity contribution >= 4 is 0 Å². The van der Waals surface area contributed by atoms with Gasteiger partial charge in [0.25, 0.3) is 0 Å². The van der Waals surface area contributed by atoms with E-state index in [1.165, 1.54) is 5.92 Å². The summed E-state index contributed by atoms with van der Waals surface area (Å²) in [6.45, 7) is 6.25. The molecule has 0 rings (SSSR count). The predicted molar refractivity (Wildman–Crippen MR) is 21.0 cm³/mol. The minimum absolute atomic E-state index is 1.10. The van der Waals surface area contributed by atoms with Crippen LogP contribution < -0.4 is 0 Å². The van der Waals surface area contributed by atoms with Gasteiger partial charge in [-0.3, -0.25) is 0 Å². The van der Waals surface area contributed by atoms with Gasteiger partial charge in [-0.2, -0.15) is 20.8 Å². The third-order valence-electron chi connectivity index (χ3n) is 0. The van der Waals surface area contributed by atoms with E-state index in [0.29, 0.717) is 0 Å². The molecule has 0 radical (unpaired) electrons. The van der Waals surface area contributed by atoms with Gasteiger partial charge >= 0.3 is 21.8 Å². The van der Waals surface area contributed by atoms with Gasteiger partial charge in [-0.1, -0.05) is 0 Å². The molecule has 2 heteroatoms. The van der Waals surface area contributed by atoms with E-state index in [1.807, 2.05) is 0 Å². The van der Waals surface area contributed by atoms with Crippen molar-refractivity contribution in [3.63, 3.8) is 0 Å². The van der Waals surface area contributed by atoms with Crippen molar-refractivity contribution in [1.29, 1.82) is 0 Å². The Kier molecular flexibility index (Phi) is 14.6. The first kappa shape index (κ1) is 9.66. The molecule has 0 spiro atoms. The van der Waals surface area contributed by atoms with Gasteiger partial charge in [0.1, 0.15) is 0 Å². The second-order valence-corrected chi connectivity index (χ2v) is 1.50. The molecule has 0 unspecified atom stereocenters. The zero-order valence-corrected chi connectivity index (χ0v) is 6.00. The van der Waals surface area contributed by atoms with Gasteiger partial charge in [0, 0.05) is 0 Å². The van der Waals surface area contributed by atoms with Crippen LogP contribution in [0.4, 0.5) is 0 Å². The van der Waals surface area contributed by atoms with Crippen molar-refractivity contribution in [2.45, 2.75) is 20.8 Å². The van der Waals surface area contributed by atoms with Crippen LogP contribution in [0.3, 0.4) is 0 Å². The van der Waals surface area contributed by atoms with Crippen LogP contribution in [0.5, 0.6) is 0 Å². The molecule has 6 heavy (non-hydrogen) atoms. The van der Waals surface area contributed by atoms with Crippen LogP contribution >= 0.6 is 0 Å². The summed E-state index contributed by atoms with van der Waals surface area (Å²) in [4.78, 5) is 0. The zero-order chi connectivity index (χ0) is 5.58. The molecule has 0 heterocycles. The molecule has 0 amide bonds. The second-order valence-electron chi connectivity index (χ2n) is 1.50. The summed E-state index contributed by atoms with van der Waals surface area (Å²) in [7, 11) is 0. The number of hydrogen-bond acceptors (Lipinski definition) is 1. The first-order valence-electron chi connectivity index (χ1n) is 1.64. The first-order valence-corrected chi connectivity index (χ1v) is 2.35. The zero-order valence-electron chi connectivity index (χ0n) is 4.26. The summed E-state index contributed by atoms with van der Waals surface area (Å²) in [6.07, 6.45) is 0. The maximum atomic E-state index is 8.18. The molecule has 1 nitrogen and oxygen atoms in total. The van der Waals surface area contributed by atoms with E-state index in [2.05, 4.69) is 20.8 Å². The molecule has 39 valence electrons. The van der Waals surface area contributed by atoms with Gasteiger partial charge in [-0.15, -0.1) is 0 Å². The van der Waals surface area contributed by atoms with Crippen molar-refractivity contribution in [3.8, 4) is 0 Å². The Bertz CT molecular complexity index is 18.8. The van der Waals surface area contributed by atoms with Crippen molar-refractivity contribution in [2.24, 2.45) is 0 Å². The van der Waals surface area contributed by atoms with Crippen LogP contribution in [0.2, 0.25) is 0 Å². The normalized spacial score (nSPS) is 6.67. The monoisotopic (exact) mass is 175 g/mol. The van der Waals surface area contributed by atoms with Crippen molar-refractivity contribution in [1.82, 2.24) is 0 Å². The molecule has 0 N–H and O–H groups in total. The van der Waals surface area contributed by atoms with Gasteiger partial charge < -0.3 is 5.92 Å². The van der Waals surface area contributed by atoms with Gasteiger partial charge in [0.05, 0.1) is 0 Å². The van der Waals surface area contributed by atoms with E-state index < -0.39 is 0 Å². The van der Waals surface area contributed by atoms with Gasteiger partial charge in [0.2, 0.25) is 0 Å². The number of hydrogen-bond donors (Lipinski definition) is 0. The summed E-state index contributed by atoms with van der Waals surface area (Å²) in [5, 5.41) is 0. The SMILES string of the molecule is C[C-](C)C.[O]=[Ru+]. The molecule has 0 aromatic heterocycles.